The van der Waals surface area contributed by atoms with E-state index in [9.17, 15) is 9.59 Å². The van der Waals surface area contributed by atoms with Gasteiger partial charge in [-0.2, -0.15) is 0 Å². The summed E-state index contributed by atoms with van der Waals surface area (Å²) in [4.78, 5) is 26.7. The van der Waals surface area contributed by atoms with Gasteiger partial charge in [0.1, 0.15) is 17.3 Å². The fraction of sp³-hybridized carbons (Fsp3) is 0.304. The molecule has 30 heavy (non-hydrogen) atoms. The van der Waals surface area contributed by atoms with Gasteiger partial charge >= 0.3 is 0 Å². The Morgan fingerprint density at radius 1 is 1.17 bits per heavy atom. The van der Waals surface area contributed by atoms with Gasteiger partial charge in [0.05, 0.1) is 19.7 Å². The lowest BCUT2D eigenvalue weighted by Crippen LogP contribution is -3.08. The number of fused-ring (bicyclic) bond motifs is 2. The molecule has 2 aromatic carbocycles. The van der Waals surface area contributed by atoms with Crippen LogP contribution >= 0.6 is 11.3 Å². The minimum atomic E-state index is -0.460. The number of thiophene rings is 1. The van der Waals surface area contributed by atoms with Crippen molar-refractivity contribution in [3.63, 3.8) is 0 Å². The Morgan fingerprint density at radius 3 is 2.70 bits per heavy atom. The molecule has 7 heteroatoms. The van der Waals surface area contributed by atoms with Gasteiger partial charge < -0.3 is 20.7 Å². The number of rotatable bonds is 7. The minimum absolute atomic E-state index is 0.111. The maximum atomic E-state index is 12.6. The van der Waals surface area contributed by atoms with Crippen LogP contribution in [-0.2, 0) is 24.2 Å². The molecule has 4 rings (SSSR count). The molecule has 0 saturated heterocycles. The Labute approximate surface area is 179 Å². The lowest BCUT2D eigenvalue weighted by molar-refractivity contribution is -0.885. The number of carbonyl (C=O) groups excluding carboxylic acids is 2. The third-order valence-corrected chi connectivity index (χ3v) is 6.71. The van der Waals surface area contributed by atoms with Crippen LogP contribution in [0.15, 0.2) is 36.4 Å². The monoisotopic (exact) mass is 424 g/mol. The van der Waals surface area contributed by atoms with Gasteiger partial charge in [0, 0.05) is 10.4 Å². The summed E-state index contributed by atoms with van der Waals surface area (Å²) in [7, 11) is 3.65. The molecule has 0 fully saturated rings. The van der Waals surface area contributed by atoms with Gasteiger partial charge in [-0.25, -0.2) is 0 Å². The van der Waals surface area contributed by atoms with Crippen molar-refractivity contribution in [2.24, 2.45) is 5.73 Å². The van der Waals surface area contributed by atoms with E-state index in [1.807, 2.05) is 25.2 Å². The van der Waals surface area contributed by atoms with Gasteiger partial charge in [0.15, 0.2) is 6.54 Å². The van der Waals surface area contributed by atoms with Gasteiger partial charge in [0.2, 0.25) is 0 Å². The highest BCUT2D eigenvalue weighted by molar-refractivity contribution is 7.17. The van der Waals surface area contributed by atoms with Crippen molar-refractivity contribution in [3.8, 4) is 5.75 Å². The largest absolute Gasteiger partial charge is 0.497 e. The number of nitrogens with two attached hydrogens (primary N) is 1. The zero-order valence-electron chi connectivity index (χ0n) is 17.2. The van der Waals surface area contributed by atoms with Crippen molar-refractivity contribution in [2.75, 3.05) is 26.0 Å². The highest BCUT2D eigenvalue weighted by atomic mass is 32.1. The molecule has 1 heterocycles. The van der Waals surface area contributed by atoms with Gasteiger partial charge in [-0.15, -0.1) is 11.3 Å². The molecule has 0 spiro atoms. The molecule has 156 valence electrons. The number of methoxy groups -OCH3 is 1. The van der Waals surface area contributed by atoms with E-state index in [1.165, 1.54) is 16.2 Å². The van der Waals surface area contributed by atoms with Gasteiger partial charge in [-0.05, 0) is 53.8 Å². The Morgan fingerprint density at radius 2 is 1.93 bits per heavy atom. The number of carbonyl (C=O) groups is 2. The molecule has 1 aliphatic rings. The topological polar surface area (TPSA) is 85.9 Å². The number of anilines is 1. The van der Waals surface area contributed by atoms with Crippen molar-refractivity contribution in [1.82, 2.24) is 0 Å². The van der Waals surface area contributed by atoms with Gasteiger partial charge in [-0.1, -0.05) is 18.2 Å². The lowest BCUT2D eigenvalue weighted by atomic mass is 10.1. The maximum absolute atomic E-state index is 12.6. The number of likely N-dealkylation sites (N-methyl/N-ethyl adjacent to an activating group) is 1. The van der Waals surface area contributed by atoms with Crippen molar-refractivity contribution in [3.05, 3.63) is 58.0 Å². The molecule has 4 N–H and O–H groups in total. The first-order valence-electron chi connectivity index (χ1n) is 10.1. The molecule has 1 atom stereocenters. The third kappa shape index (κ3) is 4.17. The van der Waals surface area contributed by atoms with Crippen LogP contribution < -0.4 is 20.7 Å². The quantitative estimate of drug-likeness (QED) is 0.543. The normalized spacial score (nSPS) is 13.8. The fourth-order valence-corrected chi connectivity index (χ4v) is 5.43. The Hall–Kier alpha value is -2.90. The number of hydrogen-bond donors (Lipinski definition) is 3. The molecule has 1 aromatic heterocycles. The summed E-state index contributed by atoms with van der Waals surface area (Å²) in [5.74, 6) is 0.267. The second kappa shape index (κ2) is 8.45. The van der Waals surface area contributed by atoms with Crippen molar-refractivity contribution >= 4 is 38.9 Å². The second-order valence-electron chi connectivity index (χ2n) is 7.83. The summed E-state index contributed by atoms with van der Waals surface area (Å²) < 4.78 is 5.28. The highest BCUT2D eigenvalue weighted by Gasteiger charge is 2.26. The van der Waals surface area contributed by atoms with Crippen LogP contribution in [0.4, 0.5) is 5.00 Å². The first-order valence-corrected chi connectivity index (χ1v) is 10.9. The summed E-state index contributed by atoms with van der Waals surface area (Å²) in [6, 6.07) is 12.3. The highest BCUT2D eigenvalue weighted by Crippen LogP contribution is 2.38. The maximum Gasteiger partial charge on any atom is 0.280 e. The van der Waals surface area contributed by atoms with Gasteiger partial charge in [0.25, 0.3) is 11.8 Å². The standard InChI is InChI=1S/C23H25N3O3S/c1-26(12-14-6-7-16-11-17(29-2)9-8-15(16)10-14)13-20(27)25-23-21(22(24)28)18-4-3-5-19(18)30-23/h6-11H,3-5,12-13H2,1-2H3,(H2,24,28)(H,25,27)/p+1. The van der Waals surface area contributed by atoms with E-state index in [0.717, 1.165) is 58.4 Å². The molecular formula is C23H26N3O3S+. The van der Waals surface area contributed by atoms with Crippen LogP contribution in [0, 0.1) is 0 Å². The van der Waals surface area contributed by atoms with Crippen molar-refractivity contribution in [2.45, 2.75) is 25.8 Å². The second-order valence-corrected chi connectivity index (χ2v) is 8.94. The summed E-state index contributed by atoms with van der Waals surface area (Å²) in [5, 5.41) is 5.79. The van der Waals surface area contributed by atoms with E-state index >= 15 is 0 Å². The number of nitrogens with one attached hydrogen (secondary N) is 2. The molecule has 1 unspecified atom stereocenters. The summed E-state index contributed by atoms with van der Waals surface area (Å²) in [6.45, 7) is 1.03. The van der Waals surface area contributed by atoms with Crippen LogP contribution in [0.2, 0.25) is 0 Å². The van der Waals surface area contributed by atoms with Crippen LogP contribution in [0.25, 0.3) is 10.8 Å². The number of primary amides is 1. The smallest absolute Gasteiger partial charge is 0.280 e. The molecule has 0 bridgehead atoms. The zero-order valence-corrected chi connectivity index (χ0v) is 18.0. The molecule has 0 saturated carbocycles. The molecule has 0 aliphatic heterocycles. The molecule has 0 radical (unpaired) electrons. The molecule has 3 aromatic rings. The van der Waals surface area contributed by atoms with Gasteiger partial charge in [-0.3, -0.25) is 9.59 Å². The number of benzene rings is 2. The Balaban J connectivity index is 1.41. The molecule has 1 aliphatic carbocycles. The van der Waals surface area contributed by atoms with Crippen LogP contribution in [-0.4, -0.2) is 32.5 Å². The first-order chi connectivity index (χ1) is 14.4. The molecule has 2 amide bonds. The number of ether oxygens (including phenoxy) is 1. The fourth-order valence-electron chi connectivity index (χ4n) is 4.12. The average molecular weight is 425 g/mol. The Bertz CT molecular complexity index is 1120. The summed E-state index contributed by atoms with van der Waals surface area (Å²) in [5.41, 5.74) is 8.26. The van der Waals surface area contributed by atoms with E-state index < -0.39 is 5.91 Å². The third-order valence-electron chi connectivity index (χ3n) is 5.50. The van der Waals surface area contributed by atoms with Crippen LogP contribution in [0.5, 0.6) is 5.75 Å². The predicted molar refractivity (Wildman–Crippen MR) is 119 cm³/mol. The minimum Gasteiger partial charge on any atom is -0.497 e. The number of aryl methyl sites for hydroxylation is 1. The van der Waals surface area contributed by atoms with Crippen LogP contribution in [0.1, 0.15) is 32.8 Å². The Kier molecular flexibility index (Phi) is 5.74. The average Bonchev–Trinajstić information content (AvgIpc) is 3.27. The van der Waals surface area contributed by atoms with E-state index in [2.05, 4.69) is 23.5 Å². The molecular weight excluding hydrogens is 398 g/mol. The van der Waals surface area contributed by atoms with E-state index in [4.69, 9.17) is 10.5 Å². The van der Waals surface area contributed by atoms with Crippen molar-refractivity contribution in [1.29, 1.82) is 0 Å². The number of amides is 2. The first kappa shape index (κ1) is 20.4. The van der Waals surface area contributed by atoms with E-state index in [-0.39, 0.29) is 5.91 Å². The zero-order chi connectivity index (χ0) is 21.3. The summed E-state index contributed by atoms with van der Waals surface area (Å²) in [6.07, 6.45) is 2.86. The number of quaternary nitrogens is 1. The van der Waals surface area contributed by atoms with Crippen molar-refractivity contribution < 1.29 is 19.2 Å². The summed E-state index contributed by atoms with van der Waals surface area (Å²) >= 11 is 1.49. The lowest BCUT2D eigenvalue weighted by Gasteiger charge is -2.14. The van der Waals surface area contributed by atoms with E-state index in [0.29, 0.717) is 17.1 Å². The molecule has 6 nitrogen and oxygen atoms in total. The van der Waals surface area contributed by atoms with Crippen LogP contribution in [0.3, 0.4) is 0 Å². The predicted octanol–water partition coefficient (Wildman–Crippen LogP) is 2.15. The number of hydrogen-bond acceptors (Lipinski definition) is 4. The van der Waals surface area contributed by atoms with E-state index in [1.54, 1.807) is 7.11 Å². The SMILES string of the molecule is COc1ccc2cc(C[NH+](C)CC(=O)Nc3sc4c(c3C(N)=O)CCC4)ccc2c1.